The summed E-state index contributed by atoms with van der Waals surface area (Å²) in [5.74, 6) is 2.32. The first-order valence-corrected chi connectivity index (χ1v) is 4.63. The van der Waals surface area contributed by atoms with E-state index in [1.807, 2.05) is 0 Å². The van der Waals surface area contributed by atoms with Crippen LogP contribution < -0.4 is 5.73 Å². The highest BCUT2D eigenvalue weighted by molar-refractivity contribution is 5.68. The molecule has 0 amide bonds. The Kier molecular flexibility index (Phi) is 3.53. The summed E-state index contributed by atoms with van der Waals surface area (Å²) in [6.45, 7) is 2.50. The molecule has 0 aromatic rings. The Labute approximate surface area is 73.3 Å². The zero-order valence-corrected chi connectivity index (χ0v) is 7.58. The molecule has 2 N–H and O–H groups in total. The van der Waals surface area contributed by atoms with Crippen molar-refractivity contribution in [2.75, 3.05) is 13.2 Å². The van der Waals surface area contributed by atoms with Crippen LogP contribution in [0.3, 0.4) is 0 Å². The summed E-state index contributed by atoms with van der Waals surface area (Å²) < 4.78 is 4.58. The van der Waals surface area contributed by atoms with Crippen LogP contribution in [0.4, 0.5) is 0 Å². The van der Waals surface area contributed by atoms with Crippen LogP contribution in [0, 0.1) is 11.8 Å². The molecule has 2 saturated carbocycles. The maximum Gasteiger partial charge on any atom is 0.305 e. The summed E-state index contributed by atoms with van der Waals surface area (Å²) >= 11 is 0. The molecule has 0 bridgehead atoms. The van der Waals surface area contributed by atoms with Crippen LogP contribution in [0.1, 0.15) is 26.2 Å². The van der Waals surface area contributed by atoms with E-state index in [4.69, 9.17) is 5.73 Å². The van der Waals surface area contributed by atoms with Crippen LogP contribution in [0.5, 0.6) is 0 Å². The SMILES string of the molecule is C1C2CC12.CCC(=O)OCCN. The van der Waals surface area contributed by atoms with Crippen LogP contribution in [-0.2, 0) is 9.53 Å². The number of esters is 1. The summed E-state index contributed by atoms with van der Waals surface area (Å²) in [6.07, 6.45) is 3.60. The number of fused-ring (bicyclic) bond motifs is 1. The summed E-state index contributed by atoms with van der Waals surface area (Å²) in [7, 11) is 0. The van der Waals surface area contributed by atoms with Crippen molar-refractivity contribution in [1.82, 2.24) is 0 Å². The van der Waals surface area contributed by atoms with Gasteiger partial charge in [0.2, 0.25) is 0 Å². The minimum atomic E-state index is -0.185. The number of rotatable bonds is 3. The van der Waals surface area contributed by atoms with E-state index in [0.29, 0.717) is 19.6 Å². The smallest absolute Gasteiger partial charge is 0.305 e. The molecule has 0 atom stereocenters. The van der Waals surface area contributed by atoms with Crippen molar-refractivity contribution in [3.05, 3.63) is 0 Å². The second-order valence-electron chi connectivity index (χ2n) is 3.35. The maximum atomic E-state index is 10.3. The van der Waals surface area contributed by atoms with E-state index in [9.17, 15) is 4.79 Å². The monoisotopic (exact) mass is 171 g/mol. The fraction of sp³-hybridized carbons (Fsp3) is 0.889. The van der Waals surface area contributed by atoms with Crippen molar-refractivity contribution in [2.45, 2.75) is 26.2 Å². The highest BCUT2D eigenvalue weighted by Gasteiger charge is 2.52. The third-order valence-corrected chi connectivity index (χ3v) is 2.14. The molecule has 0 aliphatic heterocycles. The quantitative estimate of drug-likeness (QED) is 0.642. The number of hydrogen-bond donors (Lipinski definition) is 1. The number of nitrogens with two attached hydrogens (primary N) is 1. The molecular weight excluding hydrogens is 154 g/mol. The molecule has 0 heterocycles. The second kappa shape index (κ2) is 4.45. The Balaban J connectivity index is 0.000000142. The van der Waals surface area contributed by atoms with Gasteiger partial charge in [-0.15, -0.1) is 0 Å². The molecule has 3 heteroatoms. The van der Waals surface area contributed by atoms with Crippen molar-refractivity contribution in [3.63, 3.8) is 0 Å². The normalized spacial score (nSPS) is 27.8. The van der Waals surface area contributed by atoms with E-state index in [1.165, 1.54) is 11.8 Å². The van der Waals surface area contributed by atoms with Crippen LogP contribution in [0.2, 0.25) is 0 Å². The first kappa shape index (κ1) is 9.52. The van der Waals surface area contributed by atoms with Gasteiger partial charge in [-0.25, -0.2) is 0 Å². The van der Waals surface area contributed by atoms with Crippen LogP contribution in [0.15, 0.2) is 0 Å². The van der Waals surface area contributed by atoms with E-state index in [2.05, 4.69) is 4.74 Å². The first-order chi connectivity index (χ1) is 5.77. The van der Waals surface area contributed by atoms with Crippen molar-refractivity contribution in [1.29, 1.82) is 0 Å². The lowest BCUT2D eigenvalue weighted by Crippen LogP contribution is -2.12. The van der Waals surface area contributed by atoms with Gasteiger partial charge in [-0.1, -0.05) is 6.92 Å². The fourth-order valence-electron chi connectivity index (χ4n) is 0.826. The average Bonchev–Trinajstić information content (AvgIpc) is 2.87. The Hall–Kier alpha value is -0.570. The lowest BCUT2D eigenvalue weighted by molar-refractivity contribution is -0.142. The Bertz CT molecular complexity index is 147. The predicted octanol–water partition coefficient (Wildman–Crippen LogP) is 0.924. The zero-order chi connectivity index (χ0) is 8.97. The number of carbonyl (C=O) groups is 1. The summed E-state index contributed by atoms with van der Waals surface area (Å²) in [5, 5.41) is 0. The van der Waals surface area contributed by atoms with Gasteiger partial charge < -0.3 is 10.5 Å². The van der Waals surface area contributed by atoms with Gasteiger partial charge in [-0.05, 0) is 24.7 Å². The molecule has 0 spiro atoms. The fourth-order valence-corrected chi connectivity index (χ4v) is 0.826. The molecule has 2 aliphatic rings. The van der Waals surface area contributed by atoms with Crippen LogP contribution in [0.25, 0.3) is 0 Å². The van der Waals surface area contributed by atoms with Crippen molar-refractivity contribution >= 4 is 5.97 Å². The van der Waals surface area contributed by atoms with Gasteiger partial charge in [0.1, 0.15) is 6.61 Å². The summed E-state index contributed by atoms with van der Waals surface area (Å²) in [4.78, 5) is 10.3. The number of hydrogen-bond acceptors (Lipinski definition) is 3. The highest BCUT2D eigenvalue weighted by atomic mass is 16.5. The second-order valence-corrected chi connectivity index (χ2v) is 3.35. The van der Waals surface area contributed by atoms with Gasteiger partial charge >= 0.3 is 5.97 Å². The lowest BCUT2D eigenvalue weighted by Gasteiger charge is -1.97. The average molecular weight is 171 g/mol. The van der Waals surface area contributed by atoms with Gasteiger partial charge in [-0.3, -0.25) is 4.79 Å². The predicted molar refractivity (Wildman–Crippen MR) is 46.5 cm³/mol. The van der Waals surface area contributed by atoms with Gasteiger partial charge in [0.15, 0.2) is 0 Å². The van der Waals surface area contributed by atoms with Gasteiger partial charge in [0, 0.05) is 13.0 Å². The van der Waals surface area contributed by atoms with E-state index in [1.54, 1.807) is 19.8 Å². The number of ether oxygens (including phenoxy) is 1. The van der Waals surface area contributed by atoms with E-state index in [-0.39, 0.29) is 5.97 Å². The largest absolute Gasteiger partial charge is 0.464 e. The summed E-state index contributed by atoms with van der Waals surface area (Å²) in [6, 6.07) is 0. The van der Waals surface area contributed by atoms with Crippen molar-refractivity contribution in [3.8, 4) is 0 Å². The van der Waals surface area contributed by atoms with Gasteiger partial charge in [-0.2, -0.15) is 0 Å². The molecule has 0 aromatic heterocycles. The molecule has 0 aromatic carbocycles. The summed E-state index contributed by atoms with van der Waals surface area (Å²) in [5.41, 5.74) is 5.05. The topological polar surface area (TPSA) is 52.3 Å². The number of carbonyl (C=O) groups excluding carboxylic acids is 1. The molecule has 0 saturated heterocycles. The van der Waals surface area contributed by atoms with Gasteiger partial charge in [0.25, 0.3) is 0 Å². The van der Waals surface area contributed by atoms with Crippen molar-refractivity contribution in [2.24, 2.45) is 17.6 Å². The van der Waals surface area contributed by atoms with Crippen LogP contribution in [-0.4, -0.2) is 19.1 Å². The lowest BCUT2D eigenvalue weighted by atomic mass is 10.5. The molecule has 70 valence electrons. The van der Waals surface area contributed by atoms with E-state index in [0.717, 1.165) is 0 Å². The van der Waals surface area contributed by atoms with Crippen LogP contribution >= 0.6 is 0 Å². The van der Waals surface area contributed by atoms with E-state index >= 15 is 0 Å². The molecule has 2 fully saturated rings. The molecule has 0 unspecified atom stereocenters. The molecular formula is C9H17NO2. The zero-order valence-electron chi connectivity index (χ0n) is 7.58. The third-order valence-electron chi connectivity index (χ3n) is 2.14. The Morgan fingerprint density at radius 3 is 2.25 bits per heavy atom. The molecule has 3 nitrogen and oxygen atoms in total. The molecule has 12 heavy (non-hydrogen) atoms. The highest BCUT2D eigenvalue weighted by Crippen LogP contribution is 2.62. The standard InChI is InChI=1S/C5H11NO2.C4H6/c1-2-5(7)8-4-3-6;1-3-2-4(1)3/h2-4,6H2,1H3;3-4H,1-2H2. The van der Waals surface area contributed by atoms with E-state index < -0.39 is 0 Å². The molecule has 0 radical (unpaired) electrons. The van der Waals surface area contributed by atoms with Gasteiger partial charge in [0.05, 0.1) is 0 Å². The minimum absolute atomic E-state index is 0.185. The third kappa shape index (κ3) is 3.72. The molecule has 2 aliphatic carbocycles. The maximum absolute atomic E-state index is 10.3. The minimum Gasteiger partial charge on any atom is -0.464 e. The van der Waals surface area contributed by atoms with Crippen molar-refractivity contribution < 1.29 is 9.53 Å². The Morgan fingerprint density at radius 2 is 2.00 bits per heavy atom. The first-order valence-electron chi connectivity index (χ1n) is 4.63. The Morgan fingerprint density at radius 1 is 1.50 bits per heavy atom. The molecule has 2 rings (SSSR count).